The molecule has 1 amide bonds. The molecule has 9 heteroatoms. The van der Waals surface area contributed by atoms with Gasteiger partial charge in [-0.2, -0.15) is 8.42 Å². The van der Waals surface area contributed by atoms with Gasteiger partial charge in [-0.05, 0) is 20.5 Å². The number of primary amides is 1. The number of rotatable bonds is 5. The summed E-state index contributed by atoms with van der Waals surface area (Å²) < 4.78 is 29.7. The van der Waals surface area contributed by atoms with Crippen molar-refractivity contribution in [3.8, 4) is 0 Å². The van der Waals surface area contributed by atoms with Crippen molar-refractivity contribution < 1.29 is 21.9 Å². The van der Waals surface area contributed by atoms with Gasteiger partial charge < -0.3 is 16.8 Å². The predicted octanol–water partition coefficient (Wildman–Crippen LogP) is -0.0343. The van der Waals surface area contributed by atoms with Crippen molar-refractivity contribution in [2.45, 2.75) is 19.4 Å². The van der Waals surface area contributed by atoms with Gasteiger partial charge in [0, 0.05) is 11.6 Å². The van der Waals surface area contributed by atoms with Crippen molar-refractivity contribution in [2.24, 2.45) is 5.73 Å². The van der Waals surface area contributed by atoms with E-state index in [1.54, 1.807) is 0 Å². The normalized spacial score (nSPS) is 11.9. The van der Waals surface area contributed by atoms with E-state index in [0.29, 0.717) is 5.57 Å². The molecule has 0 aliphatic heterocycles. The van der Waals surface area contributed by atoms with E-state index in [9.17, 15) is 13.2 Å². The molecule has 1 atom stereocenters. The molecular weight excluding hydrogens is 262 g/mol. The van der Waals surface area contributed by atoms with Crippen molar-refractivity contribution in [1.29, 1.82) is 0 Å². The lowest BCUT2D eigenvalue weighted by Gasteiger charge is -2.22. The molecule has 0 saturated carbocycles. The van der Waals surface area contributed by atoms with E-state index in [1.165, 1.54) is 0 Å². The van der Waals surface area contributed by atoms with Gasteiger partial charge >= 0.3 is 10.4 Å². The lowest BCUT2D eigenvalue weighted by Crippen LogP contribution is -2.34. The highest BCUT2D eigenvalue weighted by Crippen LogP contribution is 2.08. The van der Waals surface area contributed by atoms with Gasteiger partial charge in [0.15, 0.2) is 0 Å². The predicted molar refractivity (Wildman–Crippen MR) is 69.7 cm³/mol. The number of hydrogen-bond donors (Lipinski definition) is 3. The summed E-state index contributed by atoms with van der Waals surface area (Å²) in [6.45, 7) is 5.63. The summed E-state index contributed by atoms with van der Waals surface area (Å²) in [6.07, 6.45) is 0.856. The maximum absolute atomic E-state index is 10.7. The van der Waals surface area contributed by atoms with Crippen LogP contribution < -0.4 is 11.9 Å². The molecule has 0 bridgehead atoms. The van der Waals surface area contributed by atoms with E-state index in [1.807, 2.05) is 25.9 Å². The molecule has 1 unspecified atom stereocenters. The highest BCUT2D eigenvalue weighted by atomic mass is 32.3. The van der Waals surface area contributed by atoms with Gasteiger partial charge in [-0.15, -0.1) is 0 Å². The summed E-state index contributed by atoms with van der Waals surface area (Å²) in [4.78, 5) is 12.6. The third-order valence-electron chi connectivity index (χ3n) is 1.94. The van der Waals surface area contributed by atoms with E-state index in [-0.39, 0.29) is 12.2 Å². The van der Waals surface area contributed by atoms with E-state index < -0.39 is 16.3 Å². The number of hydrogen-bond acceptors (Lipinski definition) is 6. The number of carbonyl (C=O) groups is 1. The van der Waals surface area contributed by atoms with Crippen LogP contribution in [0.4, 0.5) is 0 Å². The fraction of sp³-hybridized carbons (Fsp3) is 0.667. The average Bonchev–Trinajstić information content (AvgIpc) is 2.17. The highest BCUT2D eigenvalue weighted by Gasteiger charge is 2.16. The Balaban J connectivity index is -0.000000277. The van der Waals surface area contributed by atoms with E-state index in [0.717, 1.165) is 13.5 Å². The molecule has 0 aromatic rings. The van der Waals surface area contributed by atoms with Crippen LogP contribution in [0, 0.1) is 0 Å². The van der Waals surface area contributed by atoms with Crippen LogP contribution >= 0.6 is 0 Å². The second-order valence-corrected chi connectivity index (χ2v) is 4.56. The topological polar surface area (TPSA) is 145 Å². The van der Waals surface area contributed by atoms with Crippen molar-refractivity contribution in [1.82, 2.24) is 11.1 Å². The molecule has 0 fully saturated rings. The molecule has 0 aromatic carbocycles. The van der Waals surface area contributed by atoms with E-state index in [4.69, 9.17) is 10.3 Å². The van der Waals surface area contributed by atoms with Crippen LogP contribution in [0.15, 0.2) is 12.2 Å². The maximum atomic E-state index is 10.7. The lowest BCUT2D eigenvalue weighted by atomic mass is 10.1. The first-order valence-corrected chi connectivity index (χ1v) is 6.11. The Kier molecular flexibility index (Phi) is 12.3. The third-order valence-corrected chi connectivity index (χ3v) is 2.36. The highest BCUT2D eigenvalue weighted by molar-refractivity contribution is 7.80. The molecule has 0 heterocycles. The number of nitrogens with two attached hydrogens (primary N) is 1. The summed E-state index contributed by atoms with van der Waals surface area (Å²) >= 11 is 0. The lowest BCUT2D eigenvalue weighted by molar-refractivity contribution is -0.115. The zero-order valence-corrected chi connectivity index (χ0v) is 12.0. The number of nitrogens with zero attached hydrogens (tertiary/aromatic N) is 1. The van der Waals surface area contributed by atoms with Gasteiger partial charge in [-0.1, -0.05) is 13.5 Å². The molecule has 0 radical (unpaired) electrons. The first-order chi connectivity index (χ1) is 7.56. The van der Waals surface area contributed by atoms with Crippen LogP contribution in [0.5, 0.6) is 0 Å². The first kappa shape index (κ1) is 22.2. The molecular formula is C9H23N3O5S. The van der Waals surface area contributed by atoms with Gasteiger partial charge in [-0.3, -0.25) is 13.5 Å². The standard InChI is InChI=1S/C8H16N2O.CH4O4S.H3N/c1-5-7(10(3)4)6(2)8(9)11;1-5-6(2,3)4;/h7H,2,5H2,1,3-4H3,(H2,9,11);1H3,(H,2,3,4);1H3. The zero-order chi connectivity index (χ0) is 14.2. The van der Waals surface area contributed by atoms with Crippen molar-refractivity contribution in [3.05, 3.63) is 12.2 Å². The smallest absolute Gasteiger partial charge is 0.366 e. The fourth-order valence-electron chi connectivity index (χ4n) is 1.09. The summed E-state index contributed by atoms with van der Waals surface area (Å²) in [5.74, 6) is -0.412. The number of amides is 1. The quantitative estimate of drug-likeness (QED) is 0.474. The van der Waals surface area contributed by atoms with Crippen molar-refractivity contribution in [3.63, 3.8) is 0 Å². The van der Waals surface area contributed by atoms with Gasteiger partial charge in [0.1, 0.15) is 0 Å². The maximum Gasteiger partial charge on any atom is 0.397 e. The van der Waals surface area contributed by atoms with E-state index >= 15 is 0 Å². The molecule has 0 saturated heterocycles. The molecule has 6 N–H and O–H groups in total. The van der Waals surface area contributed by atoms with Crippen LogP contribution in [0.2, 0.25) is 0 Å². The number of carbonyl (C=O) groups excluding carboxylic acids is 1. The van der Waals surface area contributed by atoms with Gasteiger partial charge in [0.05, 0.1) is 7.11 Å². The Morgan fingerprint density at radius 1 is 1.50 bits per heavy atom. The Morgan fingerprint density at radius 2 is 1.83 bits per heavy atom. The van der Waals surface area contributed by atoms with Gasteiger partial charge in [0.25, 0.3) is 0 Å². The SMILES string of the molecule is C=C(C(N)=O)C(CC)N(C)C.COS(=O)(=O)O.N. The van der Waals surface area contributed by atoms with Gasteiger partial charge in [0.2, 0.25) is 5.91 Å². The zero-order valence-electron chi connectivity index (χ0n) is 11.2. The number of likely N-dealkylation sites (N-methyl/N-ethyl adjacent to an activating group) is 1. The average molecular weight is 285 g/mol. The van der Waals surface area contributed by atoms with Crippen LogP contribution in [-0.2, 0) is 19.4 Å². The molecule has 0 aliphatic carbocycles. The van der Waals surface area contributed by atoms with Crippen molar-refractivity contribution >= 4 is 16.3 Å². The minimum Gasteiger partial charge on any atom is -0.366 e. The monoisotopic (exact) mass is 285 g/mol. The van der Waals surface area contributed by atoms with Crippen LogP contribution in [0.25, 0.3) is 0 Å². The Hall–Kier alpha value is -1.00. The molecule has 0 aromatic heterocycles. The minimum absolute atomic E-state index is 0. The van der Waals surface area contributed by atoms with Crippen molar-refractivity contribution in [2.75, 3.05) is 21.2 Å². The molecule has 110 valence electrons. The van der Waals surface area contributed by atoms with Crippen LogP contribution in [0.3, 0.4) is 0 Å². The first-order valence-electron chi connectivity index (χ1n) is 4.74. The summed E-state index contributed by atoms with van der Waals surface area (Å²) in [5, 5.41) is 0. The van der Waals surface area contributed by atoms with Crippen LogP contribution in [0.1, 0.15) is 13.3 Å². The van der Waals surface area contributed by atoms with E-state index in [2.05, 4.69) is 10.8 Å². The van der Waals surface area contributed by atoms with Gasteiger partial charge in [-0.25, -0.2) is 0 Å². The Morgan fingerprint density at radius 3 is 1.89 bits per heavy atom. The molecule has 0 rings (SSSR count). The summed E-state index contributed by atoms with van der Waals surface area (Å²) in [6, 6.07) is 0.0764. The fourth-order valence-corrected chi connectivity index (χ4v) is 1.09. The Bertz CT molecular complexity index is 353. The Labute approximate surface area is 108 Å². The van der Waals surface area contributed by atoms with Crippen LogP contribution in [-0.4, -0.2) is 51.0 Å². The molecule has 0 aliphatic rings. The second-order valence-electron chi connectivity index (χ2n) is 3.37. The molecule has 0 spiro atoms. The molecule has 8 nitrogen and oxygen atoms in total. The minimum atomic E-state index is -4.16. The summed E-state index contributed by atoms with van der Waals surface area (Å²) in [7, 11) is 0.518. The third kappa shape index (κ3) is 11.5. The molecule has 18 heavy (non-hydrogen) atoms. The summed E-state index contributed by atoms with van der Waals surface area (Å²) in [5.41, 5.74) is 5.57. The second kappa shape index (κ2) is 9.97. The largest absolute Gasteiger partial charge is 0.397 e.